The second kappa shape index (κ2) is 9.00. The minimum atomic E-state index is 0.635. The highest BCUT2D eigenvalue weighted by Crippen LogP contribution is 2.32. The Bertz CT molecular complexity index is 1150. The summed E-state index contributed by atoms with van der Waals surface area (Å²) in [5.74, 6) is 0.815. The number of hydrogen-bond donors (Lipinski definition) is 0. The molecule has 0 atom stereocenters. The van der Waals surface area contributed by atoms with Crippen molar-refractivity contribution in [2.45, 2.75) is 6.42 Å². The molecule has 0 unspecified atom stereocenters. The molecule has 0 aliphatic heterocycles. The average Bonchev–Trinajstić information content (AvgIpc) is 3.19. The van der Waals surface area contributed by atoms with E-state index in [1.54, 1.807) is 7.11 Å². The summed E-state index contributed by atoms with van der Waals surface area (Å²) in [7, 11) is 5.79. The number of pyridine rings is 1. The Morgan fingerprint density at radius 3 is 2.53 bits per heavy atom. The molecule has 0 saturated carbocycles. The van der Waals surface area contributed by atoms with E-state index in [4.69, 9.17) is 4.74 Å². The number of anilines is 1. The standard InChI is InChI=1S/C23H24N5OS/c1-27-13-10-17(11-14-27)12-15-28(2)19-6-4-18(5-7-19)25-26-23-24-21-9-8-20(29-3)16-22(21)30-23/h4-11,13-14,16H,12,15H2,1-3H3/q+1. The zero-order chi connectivity index (χ0) is 20.9. The first-order valence-corrected chi connectivity index (χ1v) is 10.5. The van der Waals surface area contributed by atoms with Crippen LogP contribution in [0.2, 0.25) is 0 Å². The van der Waals surface area contributed by atoms with Crippen molar-refractivity contribution in [2.75, 3.05) is 25.6 Å². The Morgan fingerprint density at radius 1 is 1.03 bits per heavy atom. The molecule has 0 saturated heterocycles. The lowest BCUT2D eigenvalue weighted by atomic mass is 10.2. The van der Waals surface area contributed by atoms with Gasteiger partial charge in [0.05, 0.1) is 23.0 Å². The first-order chi connectivity index (χ1) is 14.6. The number of likely N-dealkylation sites (N-methyl/N-ethyl adjacent to an activating group) is 1. The summed E-state index contributed by atoms with van der Waals surface area (Å²) in [5.41, 5.74) is 4.19. The Morgan fingerprint density at radius 2 is 1.80 bits per heavy atom. The van der Waals surface area contributed by atoms with Crippen LogP contribution >= 0.6 is 11.3 Å². The molecule has 0 aliphatic carbocycles. The van der Waals surface area contributed by atoms with Crippen molar-refractivity contribution in [3.05, 3.63) is 72.6 Å². The molecular weight excluding hydrogens is 394 g/mol. The van der Waals surface area contributed by atoms with Gasteiger partial charge in [-0.05, 0) is 54.4 Å². The van der Waals surface area contributed by atoms with Gasteiger partial charge >= 0.3 is 0 Å². The van der Waals surface area contributed by atoms with Crippen molar-refractivity contribution in [1.29, 1.82) is 0 Å². The van der Waals surface area contributed by atoms with Gasteiger partial charge in [-0.3, -0.25) is 0 Å². The van der Waals surface area contributed by atoms with Gasteiger partial charge < -0.3 is 9.64 Å². The molecule has 2 heterocycles. The van der Waals surface area contributed by atoms with Crippen molar-refractivity contribution >= 4 is 38.1 Å². The maximum atomic E-state index is 5.26. The van der Waals surface area contributed by atoms with Crippen LogP contribution in [-0.2, 0) is 13.5 Å². The summed E-state index contributed by atoms with van der Waals surface area (Å²) >= 11 is 1.50. The zero-order valence-electron chi connectivity index (χ0n) is 17.3. The number of thiazole rings is 1. The molecule has 2 aromatic carbocycles. The SMILES string of the molecule is COc1ccc2nc(N=Nc3ccc(N(C)CCc4cc[n+](C)cc4)cc3)sc2c1. The van der Waals surface area contributed by atoms with E-state index < -0.39 is 0 Å². The van der Waals surface area contributed by atoms with Crippen LogP contribution in [0.3, 0.4) is 0 Å². The molecule has 0 radical (unpaired) electrons. The van der Waals surface area contributed by atoms with Crippen LogP contribution < -0.4 is 14.2 Å². The van der Waals surface area contributed by atoms with Gasteiger partial charge in [0.15, 0.2) is 12.4 Å². The van der Waals surface area contributed by atoms with Gasteiger partial charge in [-0.2, -0.15) is 0 Å². The van der Waals surface area contributed by atoms with Crippen LogP contribution in [-0.4, -0.2) is 25.7 Å². The van der Waals surface area contributed by atoms with E-state index in [9.17, 15) is 0 Å². The van der Waals surface area contributed by atoms with Crippen LogP contribution in [0.4, 0.5) is 16.5 Å². The number of aromatic nitrogens is 2. The number of methoxy groups -OCH3 is 1. The molecular formula is C23H24N5OS+. The molecule has 30 heavy (non-hydrogen) atoms. The van der Waals surface area contributed by atoms with Crippen molar-refractivity contribution in [2.24, 2.45) is 17.3 Å². The number of benzene rings is 2. The Hall–Kier alpha value is -3.32. The van der Waals surface area contributed by atoms with E-state index in [0.717, 1.165) is 40.3 Å². The molecule has 0 N–H and O–H groups in total. The minimum absolute atomic E-state index is 0.635. The highest BCUT2D eigenvalue weighted by atomic mass is 32.1. The lowest BCUT2D eigenvalue weighted by Crippen LogP contribution is -2.26. The quantitative estimate of drug-likeness (QED) is 0.305. The smallest absolute Gasteiger partial charge is 0.231 e. The average molecular weight is 419 g/mol. The topological polar surface area (TPSA) is 54.0 Å². The van der Waals surface area contributed by atoms with E-state index in [2.05, 4.69) is 63.8 Å². The molecule has 7 heteroatoms. The molecule has 4 aromatic rings. The summed E-state index contributed by atoms with van der Waals surface area (Å²) in [5, 5.41) is 9.28. The molecule has 152 valence electrons. The molecule has 2 aromatic heterocycles. The van der Waals surface area contributed by atoms with Gasteiger partial charge in [0.2, 0.25) is 5.13 Å². The van der Waals surface area contributed by atoms with Crippen molar-refractivity contribution in [1.82, 2.24) is 4.98 Å². The summed E-state index contributed by atoms with van der Waals surface area (Å²) < 4.78 is 8.34. The number of azo groups is 1. The molecule has 4 rings (SSSR count). The Balaban J connectivity index is 1.38. The maximum absolute atomic E-state index is 5.26. The molecule has 0 spiro atoms. The third-order valence-electron chi connectivity index (χ3n) is 4.91. The summed E-state index contributed by atoms with van der Waals surface area (Å²) in [6, 6.07) is 18.2. The number of aryl methyl sites for hydroxylation is 1. The largest absolute Gasteiger partial charge is 0.497 e. The van der Waals surface area contributed by atoms with Gasteiger partial charge in [0.25, 0.3) is 0 Å². The van der Waals surface area contributed by atoms with E-state index in [1.807, 2.05) is 41.9 Å². The molecule has 0 fully saturated rings. The summed E-state index contributed by atoms with van der Waals surface area (Å²) in [6.07, 6.45) is 5.16. The lowest BCUT2D eigenvalue weighted by Gasteiger charge is -2.19. The van der Waals surface area contributed by atoms with Crippen LogP contribution in [0.1, 0.15) is 5.56 Å². The zero-order valence-corrected chi connectivity index (χ0v) is 18.1. The minimum Gasteiger partial charge on any atom is -0.497 e. The lowest BCUT2D eigenvalue weighted by molar-refractivity contribution is -0.671. The Labute approximate surface area is 180 Å². The fraction of sp³-hybridized carbons (Fsp3) is 0.217. The molecule has 0 amide bonds. The van der Waals surface area contributed by atoms with Crippen LogP contribution in [0.15, 0.2) is 77.2 Å². The van der Waals surface area contributed by atoms with Gasteiger partial charge in [-0.1, -0.05) is 11.3 Å². The normalized spacial score (nSPS) is 11.3. The van der Waals surface area contributed by atoms with Gasteiger partial charge in [-0.25, -0.2) is 9.55 Å². The summed E-state index contributed by atoms with van der Waals surface area (Å²) in [4.78, 5) is 6.75. The van der Waals surface area contributed by atoms with E-state index >= 15 is 0 Å². The van der Waals surface area contributed by atoms with E-state index in [0.29, 0.717) is 5.13 Å². The maximum Gasteiger partial charge on any atom is 0.231 e. The molecule has 0 aliphatic rings. The van der Waals surface area contributed by atoms with Crippen LogP contribution in [0.25, 0.3) is 10.2 Å². The number of nitrogens with zero attached hydrogens (tertiary/aromatic N) is 5. The van der Waals surface area contributed by atoms with Crippen molar-refractivity contribution < 1.29 is 9.30 Å². The second-order valence-electron chi connectivity index (χ2n) is 7.09. The predicted octanol–water partition coefficient (Wildman–Crippen LogP) is 5.22. The highest BCUT2D eigenvalue weighted by Gasteiger charge is 2.05. The number of ether oxygens (including phenoxy) is 1. The Kier molecular flexibility index (Phi) is 5.99. The number of fused-ring (bicyclic) bond motifs is 1. The third kappa shape index (κ3) is 4.80. The van der Waals surface area contributed by atoms with Gasteiger partial charge in [0.1, 0.15) is 12.8 Å². The van der Waals surface area contributed by atoms with Crippen molar-refractivity contribution in [3.8, 4) is 5.75 Å². The predicted molar refractivity (Wildman–Crippen MR) is 121 cm³/mol. The summed E-state index contributed by atoms with van der Waals surface area (Å²) in [6.45, 7) is 0.948. The van der Waals surface area contributed by atoms with E-state index in [-0.39, 0.29) is 0 Å². The third-order valence-corrected chi connectivity index (χ3v) is 5.81. The fourth-order valence-corrected chi connectivity index (χ4v) is 3.88. The van der Waals surface area contributed by atoms with E-state index in [1.165, 1.54) is 16.9 Å². The molecule has 6 nitrogen and oxygen atoms in total. The van der Waals surface area contributed by atoms with Gasteiger partial charge in [-0.15, -0.1) is 10.2 Å². The monoisotopic (exact) mass is 418 g/mol. The van der Waals surface area contributed by atoms with Gasteiger partial charge in [0, 0.05) is 31.4 Å². The highest BCUT2D eigenvalue weighted by molar-refractivity contribution is 7.21. The first-order valence-electron chi connectivity index (χ1n) is 9.72. The fourth-order valence-electron chi connectivity index (χ4n) is 3.06. The van der Waals surface area contributed by atoms with Crippen LogP contribution in [0, 0.1) is 0 Å². The molecule has 0 bridgehead atoms. The number of hydrogen-bond acceptors (Lipinski definition) is 6. The van der Waals surface area contributed by atoms with Crippen molar-refractivity contribution in [3.63, 3.8) is 0 Å². The number of rotatable bonds is 7. The second-order valence-corrected chi connectivity index (χ2v) is 8.10. The first kappa shape index (κ1) is 20.0. The van der Waals surface area contributed by atoms with Crippen LogP contribution in [0.5, 0.6) is 5.75 Å².